The van der Waals surface area contributed by atoms with Gasteiger partial charge in [0.15, 0.2) is 0 Å². The Morgan fingerprint density at radius 3 is 2.16 bits per heavy atom. The number of fused-ring (bicyclic) bond motifs is 2. The van der Waals surface area contributed by atoms with Gasteiger partial charge in [-0.1, -0.05) is 64.1 Å². The second kappa shape index (κ2) is 19.2. The third kappa shape index (κ3) is 9.23. The topological polar surface area (TPSA) is 173 Å². The minimum absolute atomic E-state index is 0.0309. The van der Waals surface area contributed by atoms with Crippen LogP contribution >= 0.6 is 22.7 Å². The molecule has 2 aromatic carbocycles. The Labute approximate surface area is 376 Å². The lowest BCUT2D eigenvalue weighted by atomic mass is 9.99. The number of alkyl carbamates (subject to hydrolysis) is 1. The molecule has 63 heavy (non-hydrogen) atoms. The van der Waals surface area contributed by atoms with Crippen molar-refractivity contribution in [3.63, 3.8) is 0 Å². The minimum Gasteiger partial charge on any atom is -0.453 e. The number of nitrogens with zero attached hydrogens (tertiary/aromatic N) is 3. The number of methoxy groups -OCH3 is 2. The molecule has 6 heterocycles. The van der Waals surface area contributed by atoms with E-state index in [-0.39, 0.29) is 35.7 Å². The number of nitrogens with one attached hydrogen (secondary N) is 5. The molecule has 8 rings (SSSR count). The summed E-state index contributed by atoms with van der Waals surface area (Å²) in [6.45, 7) is 9.80. The van der Waals surface area contributed by atoms with Crippen LogP contribution in [0.1, 0.15) is 71.7 Å². The van der Waals surface area contributed by atoms with Gasteiger partial charge in [0.1, 0.15) is 11.9 Å². The van der Waals surface area contributed by atoms with Crippen molar-refractivity contribution in [3.8, 4) is 33.5 Å². The number of anilines is 2. The van der Waals surface area contributed by atoms with Gasteiger partial charge in [0, 0.05) is 54.3 Å². The zero-order valence-corrected chi connectivity index (χ0v) is 38.3. The first-order valence-corrected chi connectivity index (χ1v) is 23.6. The standard InChI is InChI=1S/C47H58N8O6S2/c1-26(2)39(52-46(58)60-5)44(56)54-20-8-11-37(54)34-10-7-19-48-35-22-30(17-18-33(35)50-34)28-13-15-29(16-14-28)31-24-62-42-32(25-63-41(31)42)36-23-49-43(51-36)38-12-9-21-55(38)45(57)40(27(3)4)53-47(59)61-6/h10,13-18,22-27,37-40,46,48,50,52,58H,7-9,11-12,19-21H2,1-6H3,(H,49,51)(H,53,59)/b34-10+/t37?,38?,39-,40+,46?/m1/s1. The van der Waals surface area contributed by atoms with Crippen molar-refractivity contribution < 1.29 is 29.0 Å². The SMILES string of the molecule is COC(=O)N[C@H](C(=O)N1CCCC1c1ncc(-c2csc3c(-c4ccc(-c5ccc6c(c5)NCC/C=C(\C5CCCN5C(=O)[C@H](NC(O)OC)C(C)C)N6)cc4)csc23)[nH]1)C(C)C. The van der Waals surface area contributed by atoms with E-state index in [2.05, 4.69) is 85.6 Å². The number of imidazole rings is 1. The number of carbonyl (C=O) groups is 3. The van der Waals surface area contributed by atoms with Gasteiger partial charge in [0.25, 0.3) is 0 Å². The highest BCUT2D eigenvalue weighted by Gasteiger charge is 2.39. The quantitative estimate of drug-likeness (QED) is 0.0631. The molecule has 16 heteroatoms. The number of H-pyrrole nitrogens is 1. The molecule has 334 valence electrons. The second-order valence-corrected chi connectivity index (χ2v) is 18.9. The van der Waals surface area contributed by atoms with Gasteiger partial charge in [-0.15, -0.1) is 22.7 Å². The Bertz CT molecular complexity index is 2460. The van der Waals surface area contributed by atoms with E-state index < -0.39 is 24.6 Å². The third-order valence-corrected chi connectivity index (χ3v) is 14.6. The molecule has 0 saturated carbocycles. The van der Waals surface area contributed by atoms with Crippen molar-refractivity contribution in [2.45, 2.75) is 90.4 Å². The zero-order valence-electron chi connectivity index (χ0n) is 36.7. The van der Waals surface area contributed by atoms with Crippen LogP contribution < -0.4 is 21.3 Å². The van der Waals surface area contributed by atoms with Crippen LogP contribution in [0.2, 0.25) is 0 Å². The van der Waals surface area contributed by atoms with Crippen LogP contribution in [0.4, 0.5) is 16.2 Å². The van der Waals surface area contributed by atoms with E-state index in [0.717, 1.165) is 89.5 Å². The van der Waals surface area contributed by atoms with Gasteiger partial charge in [-0.25, -0.2) is 9.78 Å². The number of aromatic amines is 1. The molecule has 0 spiro atoms. The Morgan fingerprint density at radius 2 is 1.46 bits per heavy atom. The fourth-order valence-corrected chi connectivity index (χ4v) is 11.5. The maximum Gasteiger partial charge on any atom is 0.407 e. The number of amides is 3. The predicted octanol–water partition coefficient (Wildman–Crippen LogP) is 8.37. The van der Waals surface area contributed by atoms with Crippen molar-refractivity contribution in [2.24, 2.45) is 11.8 Å². The zero-order chi connectivity index (χ0) is 44.4. The molecule has 2 saturated heterocycles. The molecule has 0 bridgehead atoms. The number of likely N-dealkylation sites (tertiary alicyclic amines) is 2. The largest absolute Gasteiger partial charge is 0.453 e. The van der Waals surface area contributed by atoms with Gasteiger partial charge in [-0.2, -0.15) is 0 Å². The molecule has 3 aromatic heterocycles. The number of thiophene rings is 2. The maximum atomic E-state index is 13.8. The highest BCUT2D eigenvalue weighted by molar-refractivity contribution is 7.27. The number of hydrogen-bond donors (Lipinski definition) is 6. The van der Waals surface area contributed by atoms with Crippen molar-refractivity contribution in [1.29, 1.82) is 0 Å². The Morgan fingerprint density at radius 1 is 0.825 bits per heavy atom. The number of rotatable bonds is 13. The summed E-state index contributed by atoms with van der Waals surface area (Å²) in [6.07, 6.45) is 6.47. The number of aliphatic hydroxyl groups excluding tert-OH is 1. The number of benzene rings is 2. The first kappa shape index (κ1) is 44.4. The Balaban J connectivity index is 0.958. The summed E-state index contributed by atoms with van der Waals surface area (Å²) < 4.78 is 12.2. The van der Waals surface area contributed by atoms with Crippen LogP contribution in [-0.4, -0.2) is 101 Å². The summed E-state index contributed by atoms with van der Waals surface area (Å²) in [5, 5.41) is 27.5. The fourth-order valence-electron chi connectivity index (χ4n) is 9.03. The smallest absolute Gasteiger partial charge is 0.407 e. The molecular formula is C47H58N8O6S2. The number of aromatic nitrogens is 2. The molecule has 3 aliphatic heterocycles. The molecule has 5 atom stereocenters. The fraction of sp³-hybridized carbons (Fsp3) is 0.447. The summed E-state index contributed by atoms with van der Waals surface area (Å²) in [5.41, 5.74) is 9.57. The summed E-state index contributed by atoms with van der Waals surface area (Å²) >= 11 is 3.44. The van der Waals surface area contributed by atoms with Crippen molar-refractivity contribution in [2.75, 3.05) is 44.5 Å². The molecule has 0 radical (unpaired) electrons. The molecule has 0 aliphatic carbocycles. The molecular weight excluding hydrogens is 837 g/mol. The monoisotopic (exact) mass is 894 g/mol. The average Bonchev–Trinajstić information content (AvgIpc) is 4.13. The maximum absolute atomic E-state index is 13.8. The predicted molar refractivity (Wildman–Crippen MR) is 250 cm³/mol. The van der Waals surface area contributed by atoms with Gasteiger partial charge in [0.2, 0.25) is 18.2 Å². The number of aliphatic hydroxyl groups is 1. The molecule has 2 fully saturated rings. The average molecular weight is 895 g/mol. The molecule has 3 amide bonds. The minimum atomic E-state index is -1.21. The Kier molecular flexibility index (Phi) is 13.5. The van der Waals surface area contributed by atoms with E-state index in [4.69, 9.17) is 14.5 Å². The summed E-state index contributed by atoms with van der Waals surface area (Å²) in [7, 11) is 2.71. The Hall–Kier alpha value is -5.26. The molecule has 6 N–H and O–H groups in total. The van der Waals surface area contributed by atoms with Crippen molar-refractivity contribution in [3.05, 3.63) is 77.0 Å². The number of carbonyl (C=O) groups excluding carboxylic acids is 3. The normalized spacial score (nSPS) is 20.0. The van der Waals surface area contributed by atoms with Gasteiger partial charge in [0.05, 0.1) is 57.9 Å². The lowest BCUT2D eigenvalue weighted by molar-refractivity contribution is -0.144. The first-order valence-electron chi connectivity index (χ1n) is 21.9. The van der Waals surface area contributed by atoms with Crippen LogP contribution in [0.25, 0.3) is 42.9 Å². The van der Waals surface area contributed by atoms with E-state index in [0.29, 0.717) is 13.1 Å². The molecule has 5 aromatic rings. The van der Waals surface area contributed by atoms with Crippen molar-refractivity contribution >= 4 is 61.4 Å². The van der Waals surface area contributed by atoms with Crippen LogP contribution in [0, 0.1) is 11.8 Å². The van der Waals surface area contributed by atoms with E-state index in [1.807, 2.05) is 43.7 Å². The lowest BCUT2D eigenvalue weighted by Crippen LogP contribution is -2.54. The van der Waals surface area contributed by atoms with Gasteiger partial charge in [-0.3, -0.25) is 14.9 Å². The van der Waals surface area contributed by atoms with Crippen LogP contribution in [0.5, 0.6) is 0 Å². The lowest BCUT2D eigenvalue weighted by Gasteiger charge is -2.34. The summed E-state index contributed by atoms with van der Waals surface area (Å²) in [6, 6.07) is 13.6. The third-order valence-electron chi connectivity index (χ3n) is 12.4. The number of hydrogen-bond acceptors (Lipinski definition) is 12. The van der Waals surface area contributed by atoms with Crippen molar-refractivity contribution in [1.82, 2.24) is 30.4 Å². The van der Waals surface area contributed by atoms with E-state index in [1.165, 1.54) is 29.2 Å². The number of ether oxygens (including phenoxy) is 2. The second-order valence-electron chi connectivity index (χ2n) is 17.2. The molecule has 14 nitrogen and oxygen atoms in total. The van der Waals surface area contributed by atoms with Gasteiger partial charge in [-0.05, 0) is 72.8 Å². The van der Waals surface area contributed by atoms with Gasteiger partial charge < -0.3 is 45.3 Å². The highest BCUT2D eigenvalue weighted by Crippen LogP contribution is 2.45. The van der Waals surface area contributed by atoms with E-state index >= 15 is 0 Å². The van der Waals surface area contributed by atoms with E-state index in [1.54, 1.807) is 22.7 Å². The first-order chi connectivity index (χ1) is 30.4. The highest BCUT2D eigenvalue weighted by atomic mass is 32.1. The molecule has 3 aliphatic rings. The van der Waals surface area contributed by atoms with Crippen LogP contribution in [0.15, 0.2) is 71.2 Å². The van der Waals surface area contributed by atoms with Crippen LogP contribution in [0.3, 0.4) is 0 Å². The molecule has 3 unspecified atom stereocenters. The summed E-state index contributed by atoms with van der Waals surface area (Å²) in [4.78, 5) is 51.7. The van der Waals surface area contributed by atoms with E-state index in [9.17, 15) is 19.5 Å². The van der Waals surface area contributed by atoms with Crippen LogP contribution in [-0.2, 0) is 19.1 Å². The summed E-state index contributed by atoms with van der Waals surface area (Å²) in [5.74, 6) is 0.459. The van der Waals surface area contributed by atoms with Gasteiger partial charge >= 0.3 is 6.09 Å².